The average molecular weight is 252 g/mol. The van der Waals surface area contributed by atoms with Crippen LogP contribution in [-0.2, 0) is 19.2 Å². The van der Waals surface area contributed by atoms with E-state index in [-0.39, 0.29) is 43.2 Å². The highest BCUT2D eigenvalue weighted by molar-refractivity contribution is 6.40. The third-order valence-electron chi connectivity index (χ3n) is 2.71. The number of rotatable bonds is 2. The van der Waals surface area contributed by atoms with E-state index < -0.39 is 17.9 Å². The first kappa shape index (κ1) is 12.2. The van der Waals surface area contributed by atoms with Gasteiger partial charge in [-0.05, 0) is 6.42 Å². The zero-order valence-electron chi connectivity index (χ0n) is 9.49. The first-order valence-electron chi connectivity index (χ1n) is 5.56. The maximum Gasteiger partial charge on any atom is 0.268 e. The van der Waals surface area contributed by atoms with Crippen molar-refractivity contribution in [3.8, 4) is 0 Å². The number of amides is 4. The van der Waals surface area contributed by atoms with E-state index in [4.69, 9.17) is 0 Å². The van der Waals surface area contributed by atoms with Crippen LogP contribution in [-0.4, -0.2) is 35.4 Å². The minimum atomic E-state index is -0.726. The molecule has 2 heterocycles. The van der Waals surface area contributed by atoms with Crippen LogP contribution in [0.4, 0.5) is 0 Å². The minimum absolute atomic E-state index is 0.180. The van der Waals surface area contributed by atoms with E-state index in [0.717, 1.165) is 0 Å². The van der Waals surface area contributed by atoms with E-state index in [1.54, 1.807) is 0 Å². The zero-order valence-corrected chi connectivity index (χ0v) is 9.49. The molecule has 0 saturated carbocycles. The van der Waals surface area contributed by atoms with Gasteiger partial charge < -0.3 is 5.32 Å². The Balaban J connectivity index is 1.93. The largest absolute Gasteiger partial charge is 0.339 e. The lowest BCUT2D eigenvalue weighted by atomic mass is 10.1. The molecule has 1 unspecified atom stereocenters. The van der Waals surface area contributed by atoms with Gasteiger partial charge in [-0.25, -0.2) is 5.43 Å². The summed E-state index contributed by atoms with van der Waals surface area (Å²) in [5, 5.41) is 8.25. The maximum atomic E-state index is 11.7. The predicted octanol–water partition coefficient (Wildman–Crippen LogP) is -1.83. The van der Waals surface area contributed by atoms with Crippen molar-refractivity contribution in [1.82, 2.24) is 16.1 Å². The Morgan fingerprint density at radius 3 is 2.56 bits per heavy atom. The Hall–Kier alpha value is -2.25. The number of hydrazone groups is 1. The lowest BCUT2D eigenvalue weighted by molar-refractivity contribution is -0.136. The number of hydrogen-bond donors (Lipinski definition) is 3. The van der Waals surface area contributed by atoms with Crippen LogP contribution in [0.2, 0.25) is 0 Å². The van der Waals surface area contributed by atoms with E-state index in [2.05, 4.69) is 21.2 Å². The summed E-state index contributed by atoms with van der Waals surface area (Å²) in [6.45, 7) is 0. The number of piperidine rings is 1. The Morgan fingerprint density at radius 2 is 1.94 bits per heavy atom. The van der Waals surface area contributed by atoms with E-state index in [1.807, 2.05) is 0 Å². The lowest BCUT2D eigenvalue weighted by Gasteiger charge is -2.22. The van der Waals surface area contributed by atoms with Gasteiger partial charge in [-0.2, -0.15) is 5.10 Å². The summed E-state index contributed by atoms with van der Waals surface area (Å²) >= 11 is 0. The van der Waals surface area contributed by atoms with Gasteiger partial charge >= 0.3 is 0 Å². The third-order valence-corrected chi connectivity index (χ3v) is 2.71. The molecule has 1 atom stereocenters. The Bertz CT molecular complexity index is 457. The molecule has 1 fully saturated rings. The zero-order chi connectivity index (χ0) is 13.1. The molecule has 0 aromatic rings. The summed E-state index contributed by atoms with van der Waals surface area (Å²) < 4.78 is 0. The van der Waals surface area contributed by atoms with Gasteiger partial charge in [-0.1, -0.05) is 0 Å². The van der Waals surface area contributed by atoms with Crippen LogP contribution in [0.3, 0.4) is 0 Å². The molecule has 0 bridgehead atoms. The first-order chi connectivity index (χ1) is 8.56. The molecule has 18 heavy (non-hydrogen) atoms. The maximum absolute atomic E-state index is 11.7. The molecule has 0 aromatic carbocycles. The second-order valence-corrected chi connectivity index (χ2v) is 4.07. The van der Waals surface area contributed by atoms with Crippen LogP contribution in [0.1, 0.15) is 25.7 Å². The summed E-state index contributed by atoms with van der Waals surface area (Å²) in [4.78, 5) is 44.9. The van der Waals surface area contributed by atoms with Crippen LogP contribution >= 0.6 is 0 Å². The molecule has 96 valence electrons. The minimum Gasteiger partial charge on any atom is -0.339 e. The molecular weight excluding hydrogens is 240 g/mol. The van der Waals surface area contributed by atoms with Crippen molar-refractivity contribution in [2.45, 2.75) is 31.7 Å². The van der Waals surface area contributed by atoms with Crippen molar-refractivity contribution in [2.24, 2.45) is 5.10 Å². The van der Waals surface area contributed by atoms with Gasteiger partial charge in [0.25, 0.3) is 5.91 Å². The summed E-state index contributed by atoms with van der Waals surface area (Å²) in [5.41, 5.74) is 2.38. The quantitative estimate of drug-likeness (QED) is 0.501. The molecule has 3 N–H and O–H groups in total. The van der Waals surface area contributed by atoms with E-state index in [0.29, 0.717) is 0 Å². The Kier molecular flexibility index (Phi) is 3.35. The van der Waals surface area contributed by atoms with Crippen molar-refractivity contribution in [3.05, 3.63) is 0 Å². The molecule has 8 heteroatoms. The number of hydrogen-bond acceptors (Lipinski definition) is 5. The predicted molar refractivity (Wildman–Crippen MR) is 59.1 cm³/mol. The lowest BCUT2D eigenvalue weighted by Crippen LogP contribution is -2.54. The topological polar surface area (TPSA) is 117 Å². The van der Waals surface area contributed by atoms with Crippen molar-refractivity contribution in [1.29, 1.82) is 0 Å². The van der Waals surface area contributed by atoms with E-state index >= 15 is 0 Å². The highest BCUT2D eigenvalue weighted by Gasteiger charge is 2.29. The standard InChI is InChI=1S/C10H12N4O4/c15-7-3-1-5(9(17)12-7)11-10(18)6-2-4-8(16)14-13-6/h5H,1-4H2,(H,11,18)(H,14,16)(H,12,15,17). The number of nitrogens with one attached hydrogen (secondary N) is 3. The molecular formula is C10H12N4O4. The van der Waals surface area contributed by atoms with Gasteiger partial charge in [0.15, 0.2) is 0 Å². The Labute approximate surface area is 102 Å². The van der Waals surface area contributed by atoms with E-state index in [9.17, 15) is 19.2 Å². The molecule has 1 saturated heterocycles. The SMILES string of the molecule is O=C1CCC(C(=O)NC2CCC(=O)NC2=O)=NN1. The van der Waals surface area contributed by atoms with Crippen molar-refractivity contribution >= 4 is 29.3 Å². The molecule has 2 aliphatic rings. The van der Waals surface area contributed by atoms with Gasteiger partial charge in [0.2, 0.25) is 17.7 Å². The monoisotopic (exact) mass is 252 g/mol. The number of carbonyl (C=O) groups is 4. The van der Waals surface area contributed by atoms with Crippen molar-refractivity contribution in [2.75, 3.05) is 0 Å². The summed E-state index contributed by atoms with van der Waals surface area (Å²) in [5.74, 6) is -1.59. The first-order valence-corrected chi connectivity index (χ1v) is 5.56. The smallest absolute Gasteiger partial charge is 0.268 e. The third kappa shape index (κ3) is 2.70. The second-order valence-electron chi connectivity index (χ2n) is 4.07. The van der Waals surface area contributed by atoms with Crippen LogP contribution < -0.4 is 16.1 Å². The molecule has 0 aliphatic carbocycles. The number of nitrogens with zero attached hydrogens (tertiary/aromatic N) is 1. The van der Waals surface area contributed by atoms with Gasteiger partial charge in [0, 0.05) is 19.3 Å². The van der Waals surface area contributed by atoms with Gasteiger partial charge in [-0.3, -0.25) is 24.5 Å². The Morgan fingerprint density at radius 1 is 1.17 bits per heavy atom. The van der Waals surface area contributed by atoms with Crippen molar-refractivity contribution < 1.29 is 19.2 Å². The van der Waals surface area contributed by atoms with E-state index in [1.165, 1.54) is 0 Å². The van der Waals surface area contributed by atoms with Crippen LogP contribution in [0.25, 0.3) is 0 Å². The fraction of sp³-hybridized carbons (Fsp3) is 0.500. The molecule has 0 radical (unpaired) electrons. The number of imide groups is 1. The fourth-order valence-corrected chi connectivity index (χ4v) is 1.71. The average Bonchev–Trinajstić information content (AvgIpc) is 2.33. The van der Waals surface area contributed by atoms with Gasteiger partial charge in [0.05, 0.1) is 0 Å². The highest BCUT2D eigenvalue weighted by atomic mass is 16.2. The molecule has 0 aromatic heterocycles. The summed E-state index contributed by atoms with van der Waals surface area (Å²) in [7, 11) is 0. The van der Waals surface area contributed by atoms with Gasteiger partial charge in [0.1, 0.15) is 11.8 Å². The summed E-state index contributed by atoms with van der Waals surface area (Å²) in [6.07, 6.45) is 0.905. The van der Waals surface area contributed by atoms with Crippen LogP contribution in [0.15, 0.2) is 5.10 Å². The van der Waals surface area contributed by atoms with Crippen LogP contribution in [0.5, 0.6) is 0 Å². The molecule has 0 spiro atoms. The van der Waals surface area contributed by atoms with Gasteiger partial charge in [-0.15, -0.1) is 0 Å². The second kappa shape index (κ2) is 4.94. The highest BCUT2D eigenvalue weighted by Crippen LogP contribution is 2.06. The fourth-order valence-electron chi connectivity index (χ4n) is 1.71. The molecule has 8 nitrogen and oxygen atoms in total. The molecule has 4 amide bonds. The van der Waals surface area contributed by atoms with Crippen LogP contribution in [0, 0.1) is 0 Å². The normalized spacial score (nSPS) is 23.9. The molecule has 2 aliphatic heterocycles. The van der Waals surface area contributed by atoms with Crippen molar-refractivity contribution in [3.63, 3.8) is 0 Å². The summed E-state index contributed by atoms with van der Waals surface area (Å²) in [6, 6.07) is -0.726. The molecule has 2 rings (SSSR count). The number of carbonyl (C=O) groups excluding carboxylic acids is 4.